The third kappa shape index (κ3) is 2.70. The van der Waals surface area contributed by atoms with E-state index in [1.165, 1.54) is 18.2 Å². The first-order valence-electron chi connectivity index (χ1n) is 7.39. The average molecular weight is 307 g/mol. The Balaban J connectivity index is 1.71. The largest absolute Gasteiger partial charge is 0.479 e. The standard InChI is InChI=1S/C16H18FNO4/c17-12-4-2-1-3-10(12)13(15(20)21)18-14(19)11-9-16(11)5-7-22-8-6-16/h1-4,11,13H,5-9H2,(H,18,19)(H,20,21). The molecule has 1 saturated carbocycles. The van der Waals surface area contributed by atoms with Gasteiger partial charge in [-0.2, -0.15) is 0 Å². The smallest absolute Gasteiger partial charge is 0.331 e. The summed E-state index contributed by atoms with van der Waals surface area (Å²) in [7, 11) is 0. The number of aliphatic carboxylic acids is 1. The Morgan fingerprint density at radius 3 is 2.64 bits per heavy atom. The van der Waals surface area contributed by atoms with Crippen molar-refractivity contribution >= 4 is 11.9 Å². The maximum absolute atomic E-state index is 13.8. The van der Waals surface area contributed by atoms with Gasteiger partial charge in [-0.15, -0.1) is 0 Å². The summed E-state index contributed by atoms with van der Waals surface area (Å²) in [6, 6.07) is 4.25. The summed E-state index contributed by atoms with van der Waals surface area (Å²) in [5, 5.41) is 11.8. The van der Waals surface area contributed by atoms with Gasteiger partial charge in [-0.05, 0) is 30.7 Å². The third-order valence-corrected chi connectivity index (χ3v) is 4.74. The molecular formula is C16H18FNO4. The van der Waals surface area contributed by atoms with Crippen LogP contribution in [0, 0.1) is 17.2 Å². The lowest BCUT2D eigenvalue weighted by Gasteiger charge is -2.23. The normalized spacial score (nSPS) is 23.8. The van der Waals surface area contributed by atoms with Crippen LogP contribution in [-0.2, 0) is 14.3 Å². The van der Waals surface area contributed by atoms with Crippen LogP contribution in [0.1, 0.15) is 30.9 Å². The van der Waals surface area contributed by atoms with Crippen LogP contribution < -0.4 is 5.32 Å². The molecule has 0 bridgehead atoms. The van der Waals surface area contributed by atoms with Crippen molar-refractivity contribution in [2.45, 2.75) is 25.3 Å². The number of carbonyl (C=O) groups is 2. The monoisotopic (exact) mass is 307 g/mol. The molecule has 1 heterocycles. The van der Waals surface area contributed by atoms with Gasteiger partial charge >= 0.3 is 5.97 Å². The van der Waals surface area contributed by atoms with Gasteiger partial charge in [0.25, 0.3) is 0 Å². The highest BCUT2D eigenvalue weighted by Gasteiger charge is 2.58. The zero-order valence-corrected chi connectivity index (χ0v) is 12.0. The van der Waals surface area contributed by atoms with Crippen LogP contribution in [0.3, 0.4) is 0 Å². The van der Waals surface area contributed by atoms with Crippen molar-refractivity contribution in [3.63, 3.8) is 0 Å². The van der Waals surface area contributed by atoms with Crippen molar-refractivity contribution < 1.29 is 23.8 Å². The molecule has 22 heavy (non-hydrogen) atoms. The fraction of sp³-hybridized carbons (Fsp3) is 0.500. The first-order valence-corrected chi connectivity index (χ1v) is 7.39. The van der Waals surface area contributed by atoms with Gasteiger partial charge in [0.2, 0.25) is 5.91 Å². The highest BCUT2D eigenvalue weighted by atomic mass is 19.1. The maximum Gasteiger partial charge on any atom is 0.331 e. The average Bonchev–Trinajstić information content (AvgIpc) is 3.19. The number of nitrogens with one attached hydrogen (secondary N) is 1. The van der Waals surface area contributed by atoms with E-state index in [0.717, 1.165) is 19.3 Å². The van der Waals surface area contributed by atoms with Gasteiger partial charge in [-0.1, -0.05) is 18.2 Å². The predicted octanol–water partition coefficient (Wildman–Crippen LogP) is 1.88. The molecule has 0 aromatic heterocycles. The summed E-state index contributed by atoms with van der Waals surface area (Å²) in [4.78, 5) is 23.7. The second-order valence-corrected chi connectivity index (χ2v) is 6.03. The third-order valence-electron chi connectivity index (χ3n) is 4.74. The number of carboxylic acid groups (broad SMARTS) is 1. The molecule has 2 atom stereocenters. The second kappa shape index (κ2) is 5.68. The lowest BCUT2D eigenvalue weighted by molar-refractivity contribution is -0.142. The van der Waals surface area contributed by atoms with Gasteiger partial charge in [0.15, 0.2) is 6.04 Å². The molecular weight excluding hydrogens is 289 g/mol. The number of hydrogen-bond acceptors (Lipinski definition) is 3. The van der Waals surface area contributed by atoms with E-state index >= 15 is 0 Å². The minimum absolute atomic E-state index is 0.0231. The number of ether oxygens (including phenoxy) is 1. The van der Waals surface area contributed by atoms with Crippen molar-refractivity contribution in [2.24, 2.45) is 11.3 Å². The molecule has 3 rings (SSSR count). The zero-order chi connectivity index (χ0) is 15.7. The molecule has 1 amide bonds. The first kappa shape index (κ1) is 15.0. The summed E-state index contributed by atoms with van der Waals surface area (Å²) < 4.78 is 19.1. The Kier molecular flexibility index (Phi) is 3.87. The number of carboxylic acids is 1. The molecule has 1 aromatic rings. The zero-order valence-electron chi connectivity index (χ0n) is 12.0. The highest BCUT2D eigenvalue weighted by Crippen LogP contribution is 2.59. The number of halogens is 1. The molecule has 2 aliphatic rings. The minimum atomic E-state index is -1.36. The van der Waals surface area contributed by atoms with E-state index in [9.17, 15) is 19.1 Å². The van der Waals surface area contributed by atoms with Gasteiger partial charge in [0.05, 0.1) is 0 Å². The number of rotatable bonds is 4. The van der Waals surface area contributed by atoms with Crippen molar-refractivity contribution in [3.05, 3.63) is 35.6 Å². The van der Waals surface area contributed by atoms with Gasteiger partial charge in [0.1, 0.15) is 5.82 Å². The van der Waals surface area contributed by atoms with E-state index in [1.54, 1.807) is 6.07 Å². The van der Waals surface area contributed by atoms with Crippen LogP contribution in [0.25, 0.3) is 0 Å². The molecule has 1 aliphatic heterocycles. The lowest BCUT2D eigenvalue weighted by atomic mass is 9.93. The van der Waals surface area contributed by atoms with E-state index in [2.05, 4.69) is 5.32 Å². The number of amides is 1. The van der Waals surface area contributed by atoms with Crippen LogP contribution in [0.4, 0.5) is 4.39 Å². The molecule has 0 radical (unpaired) electrons. The molecule has 1 spiro atoms. The van der Waals surface area contributed by atoms with E-state index in [0.29, 0.717) is 13.2 Å². The number of carbonyl (C=O) groups excluding carboxylic acids is 1. The van der Waals surface area contributed by atoms with Gasteiger partial charge < -0.3 is 15.2 Å². The molecule has 2 N–H and O–H groups in total. The summed E-state index contributed by atoms with van der Waals surface area (Å²) in [6.45, 7) is 1.28. The molecule has 118 valence electrons. The molecule has 5 nitrogen and oxygen atoms in total. The summed E-state index contributed by atoms with van der Waals surface area (Å²) in [5.41, 5.74) is -0.0642. The van der Waals surface area contributed by atoms with Crippen LogP contribution in [0.5, 0.6) is 0 Å². The molecule has 6 heteroatoms. The van der Waals surface area contributed by atoms with E-state index in [1.807, 2.05) is 0 Å². The van der Waals surface area contributed by atoms with Crippen LogP contribution in [0.2, 0.25) is 0 Å². The van der Waals surface area contributed by atoms with E-state index in [4.69, 9.17) is 4.74 Å². The fourth-order valence-electron chi connectivity index (χ4n) is 3.27. The molecule has 1 saturated heterocycles. The summed E-state index contributed by atoms with van der Waals surface area (Å²) >= 11 is 0. The number of benzene rings is 1. The Morgan fingerprint density at radius 1 is 1.32 bits per heavy atom. The molecule has 2 unspecified atom stereocenters. The maximum atomic E-state index is 13.8. The highest BCUT2D eigenvalue weighted by molar-refractivity contribution is 5.88. The van der Waals surface area contributed by atoms with E-state index in [-0.39, 0.29) is 22.8 Å². The fourth-order valence-corrected chi connectivity index (χ4v) is 3.27. The van der Waals surface area contributed by atoms with Crippen molar-refractivity contribution in [1.29, 1.82) is 0 Å². The minimum Gasteiger partial charge on any atom is -0.479 e. The Hall–Kier alpha value is -1.95. The van der Waals surface area contributed by atoms with Crippen LogP contribution in [-0.4, -0.2) is 30.2 Å². The van der Waals surface area contributed by atoms with E-state index < -0.39 is 17.8 Å². The van der Waals surface area contributed by atoms with Crippen molar-refractivity contribution in [3.8, 4) is 0 Å². The summed E-state index contributed by atoms with van der Waals surface area (Å²) in [6.07, 6.45) is 2.40. The topological polar surface area (TPSA) is 75.6 Å². The summed E-state index contributed by atoms with van der Waals surface area (Å²) in [5.74, 6) is -2.39. The molecule has 1 aliphatic carbocycles. The quantitative estimate of drug-likeness (QED) is 0.890. The lowest BCUT2D eigenvalue weighted by Crippen LogP contribution is -2.37. The van der Waals surface area contributed by atoms with Gasteiger partial charge in [0, 0.05) is 24.7 Å². The van der Waals surface area contributed by atoms with Crippen LogP contribution in [0.15, 0.2) is 24.3 Å². The number of hydrogen-bond donors (Lipinski definition) is 2. The second-order valence-electron chi connectivity index (χ2n) is 6.03. The SMILES string of the molecule is O=C(O)C(NC(=O)C1CC12CCOCC2)c1ccccc1F. The molecule has 2 fully saturated rings. The predicted molar refractivity (Wildman–Crippen MR) is 75.5 cm³/mol. The van der Waals surface area contributed by atoms with Crippen LogP contribution >= 0.6 is 0 Å². The van der Waals surface area contributed by atoms with Gasteiger partial charge in [-0.25, -0.2) is 9.18 Å². The van der Waals surface area contributed by atoms with Crippen molar-refractivity contribution in [2.75, 3.05) is 13.2 Å². The Labute approximate surface area is 127 Å². The Morgan fingerprint density at radius 2 is 2.00 bits per heavy atom. The molecule has 1 aromatic carbocycles. The Bertz CT molecular complexity index is 598. The van der Waals surface area contributed by atoms with Gasteiger partial charge in [-0.3, -0.25) is 4.79 Å². The first-order chi connectivity index (χ1) is 10.5. The van der Waals surface area contributed by atoms with Crippen molar-refractivity contribution in [1.82, 2.24) is 5.32 Å².